The second kappa shape index (κ2) is 7.41. The molecule has 1 saturated carbocycles. The SMILES string of the molecule is NC1(C2CCC(F)(F)C2)N=C(c2cccc(C(F)(F)F)n2)NC(=NC2CCOC2)N1. The molecule has 3 aliphatic rings. The summed E-state index contributed by atoms with van der Waals surface area (Å²) in [5.74, 6) is -5.18. The molecule has 3 atom stereocenters. The van der Waals surface area contributed by atoms with Crippen LogP contribution in [0, 0.1) is 5.92 Å². The van der Waals surface area contributed by atoms with E-state index in [0.29, 0.717) is 19.6 Å². The molecule has 1 aromatic rings. The number of hydrogen-bond donors (Lipinski definition) is 3. The Kier molecular flexibility index (Phi) is 5.17. The summed E-state index contributed by atoms with van der Waals surface area (Å²) in [6.07, 6.45) is -4.69. The minimum absolute atomic E-state index is 0.0600. The number of nitrogens with two attached hydrogens (primary N) is 1. The summed E-state index contributed by atoms with van der Waals surface area (Å²) in [5, 5.41) is 5.68. The number of alkyl halides is 5. The Morgan fingerprint density at radius 3 is 2.67 bits per heavy atom. The largest absolute Gasteiger partial charge is 0.433 e. The van der Waals surface area contributed by atoms with Gasteiger partial charge in [-0.15, -0.1) is 0 Å². The monoisotopic (exact) mass is 432 g/mol. The lowest BCUT2D eigenvalue weighted by molar-refractivity contribution is -0.141. The number of nitrogens with one attached hydrogen (secondary N) is 2. The van der Waals surface area contributed by atoms with E-state index in [2.05, 4.69) is 25.6 Å². The molecular formula is C18H21F5N6O. The summed E-state index contributed by atoms with van der Waals surface area (Å²) >= 11 is 0. The van der Waals surface area contributed by atoms with Gasteiger partial charge in [-0.2, -0.15) is 13.2 Å². The van der Waals surface area contributed by atoms with Gasteiger partial charge in [0.05, 0.1) is 12.6 Å². The van der Waals surface area contributed by atoms with E-state index in [-0.39, 0.29) is 36.4 Å². The van der Waals surface area contributed by atoms with Crippen molar-refractivity contribution in [2.45, 2.75) is 49.6 Å². The van der Waals surface area contributed by atoms with Gasteiger partial charge in [-0.05, 0) is 25.0 Å². The van der Waals surface area contributed by atoms with Crippen LogP contribution in [0.5, 0.6) is 0 Å². The smallest absolute Gasteiger partial charge is 0.379 e. The summed E-state index contributed by atoms with van der Waals surface area (Å²) in [4.78, 5) is 12.4. The van der Waals surface area contributed by atoms with Crippen LogP contribution in [0.25, 0.3) is 0 Å². The first-order chi connectivity index (χ1) is 14.0. The maximum Gasteiger partial charge on any atom is 0.433 e. The second-order valence-electron chi connectivity index (χ2n) is 7.73. The molecule has 0 aromatic carbocycles. The maximum absolute atomic E-state index is 13.8. The minimum atomic E-state index is -4.64. The van der Waals surface area contributed by atoms with Crippen LogP contribution in [0.2, 0.25) is 0 Å². The molecule has 4 N–H and O–H groups in total. The van der Waals surface area contributed by atoms with E-state index in [9.17, 15) is 22.0 Å². The zero-order valence-electron chi connectivity index (χ0n) is 15.8. The first-order valence-electron chi connectivity index (χ1n) is 9.56. The van der Waals surface area contributed by atoms with Crippen LogP contribution in [0.4, 0.5) is 22.0 Å². The van der Waals surface area contributed by atoms with Gasteiger partial charge < -0.3 is 15.4 Å². The van der Waals surface area contributed by atoms with E-state index >= 15 is 0 Å². The van der Waals surface area contributed by atoms with Crippen LogP contribution in [-0.4, -0.2) is 47.7 Å². The number of pyridine rings is 1. The number of rotatable bonds is 3. The van der Waals surface area contributed by atoms with Crippen LogP contribution < -0.4 is 16.4 Å². The predicted octanol–water partition coefficient (Wildman–Crippen LogP) is 2.23. The number of amidine groups is 1. The van der Waals surface area contributed by atoms with Crippen LogP contribution >= 0.6 is 0 Å². The highest BCUT2D eigenvalue weighted by atomic mass is 19.4. The number of aliphatic imine (C=N–C) groups is 2. The Labute approximate surface area is 169 Å². The van der Waals surface area contributed by atoms with Crippen molar-refractivity contribution in [1.82, 2.24) is 15.6 Å². The lowest BCUT2D eigenvalue weighted by Crippen LogP contribution is -2.66. The van der Waals surface area contributed by atoms with Crippen LogP contribution in [0.1, 0.15) is 37.1 Å². The molecule has 3 heterocycles. The quantitative estimate of drug-likeness (QED) is 0.637. The van der Waals surface area contributed by atoms with Crippen molar-refractivity contribution < 1.29 is 26.7 Å². The molecule has 30 heavy (non-hydrogen) atoms. The lowest BCUT2D eigenvalue weighted by atomic mass is 9.98. The summed E-state index contributed by atoms with van der Waals surface area (Å²) in [5.41, 5.74) is 5.16. The lowest BCUT2D eigenvalue weighted by Gasteiger charge is -2.38. The summed E-state index contributed by atoms with van der Waals surface area (Å²) in [6.45, 7) is 0.903. The van der Waals surface area contributed by atoms with Crippen molar-refractivity contribution in [3.05, 3.63) is 29.6 Å². The van der Waals surface area contributed by atoms with E-state index < -0.39 is 35.9 Å². The van der Waals surface area contributed by atoms with Gasteiger partial charge in [-0.1, -0.05) is 6.07 Å². The molecule has 7 nitrogen and oxygen atoms in total. The molecule has 164 valence electrons. The highest BCUT2D eigenvalue weighted by Crippen LogP contribution is 2.43. The van der Waals surface area contributed by atoms with Gasteiger partial charge in [0, 0.05) is 25.4 Å². The van der Waals surface area contributed by atoms with E-state index in [1.165, 1.54) is 12.1 Å². The number of hydrogen-bond acceptors (Lipinski definition) is 5. The number of guanidine groups is 1. The molecular weight excluding hydrogens is 411 g/mol. The Bertz CT molecular complexity index is 867. The van der Waals surface area contributed by atoms with E-state index in [0.717, 1.165) is 6.07 Å². The minimum Gasteiger partial charge on any atom is -0.379 e. The number of ether oxygens (including phenoxy) is 1. The first kappa shape index (κ1) is 20.9. The first-order valence-corrected chi connectivity index (χ1v) is 9.56. The molecule has 0 bridgehead atoms. The fourth-order valence-electron chi connectivity index (χ4n) is 3.81. The van der Waals surface area contributed by atoms with Crippen molar-refractivity contribution in [2.75, 3.05) is 13.2 Å². The summed E-state index contributed by atoms with van der Waals surface area (Å²) < 4.78 is 72.2. The van der Waals surface area contributed by atoms with Crippen LogP contribution in [0.15, 0.2) is 28.2 Å². The van der Waals surface area contributed by atoms with Crippen molar-refractivity contribution in [3.63, 3.8) is 0 Å². The van der Waals surface area contributed by atoms with Crippen molar-refractivity contribution in [2.24, 2.45) is 21.6 Å². The zero-order chi connectivity index (χ0) is 21.6. The fourth-order valence-corrected chi connectivity index (χ4v) is 3.81. The summed E-state index contributed by atoms with van der Waals surface area (Å²) in [7, 11) is 0. The average Bonchev–Trinajstić information content (AvgIpc) is 3.30. The van der Waals surface area contributed by atoms with Crippen molar-refractivity contribution in [1.29, 1.82) is 0 Å². The topological polar surface area (TPSA) is 96.9 Å². The van der Waals surface area contributed by atoms with Gasteiger partial charge in [0.2, 0.25) is 5.92 Å². The fraction of sp³-hybridized carbons (Fsp3) is 0.611. The highest BCUT2D eigenvalue weighted by molar-refractivity contribution is 6.09. The molecule has 3 unspecified atom stereocenters. The average molecular weight is 432 g/mol. The van der Waals surface area contributed by atoms with Crippen molar-refractivity contribution >= 4 is 11.8 Å². The third-order valence-electron chi connectivity index (χ3n) is 5.38. The molecule has 1 aliphatic carbocycles. The normalized spacial score (nSPS) is 32.6. The predicted molar refractivity (Wildman–Crippen MR) is 97.9 cm³/mol. The summed E-state index contributed by atoms with van der Waals surface area (Å²) in [6, 6.07) is 3.18. The van der Waals surface area contributed by atoms with Gasteiger partial charge in [0.15, 0.2) is 17.6 Å². The molecule has 12 heteroatoms. The Morgan fingerprint density at radius 1 is 1.23 bits per heavy atom. The number of halogens is 5. The molecule has 0 radical (unpaired) electrons. The van der Waals surface area contributed by atoms with E-state index in [1.807, 2.05) is 0 Å². The maximum atomic E-state index is 13.8. The molecule has 2 fully saturated rings. The molecule has 0 spiro atoms. The Balaban J connectivity index is 1.71. The number of nitrogens with zero attached hydrogens (tertiary/aromatic N) is 3. The molecule has 0 amide bonds. The molecule has 1 saturated heterocycles. The Morgan fingerprint density at radius 2 is 2.03 bits per heavy atom. The standard InChI is InChI=1S/C18H21F5N6O/c19-16(20)6-4-10(8-16)18(24)28-14(12-2-1-3-13(26-12)17(21,22)23)27-15(29-18)25-11-5-7-30-9-11/h1-3,10-11H,4-9,24H2,(H2,25,27,28,29). The van der Waals surface area contributed by atoms with Crippen LogP contribution in [-0.2, 0) is 10.9 Å². The third-order valence-corrected chi connectivity index (χ3v) is 5.38. The Hall–Kier alpha value is -2.34. The molecule has 1 aromatic heterocycles. The van der Waals surface area contributed by atoms with Gasteiger partial charge in [-0.3, -0.25) is 5.73 Å². The van der Waals surface area contributed by atoms with E-state index in [1.54, 1.807) is 0 Å². The van der Waals surface area contributed by atoms with E-state index in [4.69, 9.17) is 10.5 Å². The molecule has 2 aliphatic heterocycles. The highest BCUT2D eigenvalue weighted by Gasteiger charge is 2.50. The van der Waals surface area contributed by atoms with Gasteiger partial charge in [-0.25, -0.2) is 23.7 Å². The zero-order valence-corrected chi connectivity index (χ0v) is 15.8. The van der Waals surface area contributed by atoms with Crippen LogP contribution in [0.3, 0.4) is 0 Å². The molecule has 4 rings (SSSR count). The number of aromatic nitrogens is 1. The van der Waals surface area contributed by atoms with Crippen molar-refractivity contribution in [3.8, 4) is 0 Å². The third kappa shape index (κ3) is 4.38. The second-order valence-corrected chi connectivity index (χ2v) is 7.73. The van der Waals surface area contributed by atoms with Gasteiger partial charge >= 0.3 is 6.18 Å². The van der Waals surface area contributed by atoms with Gasteiger partial charge in [0.1, 0.15) is 11.4 Å². The van der Waals surface area contributed by atoms with Gasteiger partial charge in [0.25, 0.3) is 0 Å².